The molecule has 19 heavy (non-hydrogen) atoms. The van der Waals surface area contributed by atoms with Crippen molar-refractivity contribution in [1.82, 2.24) is 4.90 Å². The van der Waals surface area contributed by atoms with Crippen molar-refractivity contribution < 1.29 is 19.7 Å². The second-order valence-corrected chi connectivity index (χ2v) is 6.68. The summed E-state index contributed by atoms with van der Waals surface area (Å²) < 4.78 is 5.21. The lowest BCUT2D eigenvalue weighted by Gasteiger charge is -2.37. The number of hydrogen-bond acceptors (Lipinski definition) is 4. The molecule has 1 unspecified atom stereocenters. The van der Waals surface area contributed by atoms with Crippen LogP contribution >= 0.6 is 0 Å². The number of carbonyl (C=O) groups is 1. The van der Waals surface area contributed by atoms with Crippen LogP contribution in [0.1, 0.15) is 39.5 Å². The van der Waals surface area contributed by atoms with Crippen molar-refractivity contribution in [2.45, 2.75) is 51.2 Å². The molecule has 0 aromatic heterocycles. The smallest absolute Gasteiger partial charge is 0.254 e. The van der Waals surface area contributed by atoms with Gasteiger partial charge < -0.3 is 19.8 Å². The van der Waals surface area contributed by atoms with Gasteiger partial charge in [-0.3, -0.25) is 4.79 Å². The average Bonchev–Trinajstić information content (AvgIpc) is 2.46. The minimum atomic E-state index is -1.27. The molecule has 0 radical (unpaired) electrons. The topological polar surface area (TPSA) is 70.0 Å². The molecule has 0 aromatic rings. The minimum Gasteiger partial charge on any atom is -0.393 e. The fraction of sp³-hybridized carbons (Fsp3) is 0.929. The quantitative estimate of drug-likeness (QED) is 0.730. The molecule has 2 N–H and O–H groups in total. The number of rotatable bonds is 1. The summed E-state index contributed by atoms with van der Waals surface area (Å²) in [6, 6.07) is 0. The van der Waals surface area contributed by atoms with Gasteiger partial charge in [-0.25, -0.2) is 0 Å². The maximum absolute atomic E-state index is 12.6. The first-order valence-electron chi connectivity index (χ1n) is 7.10. The van der Waals surface area contributed by atoms with Crippen LogP contribution < -0.4 is 0 Å². The van der Waals surface area contributed by atoms with Gasteiger partial charge >= 0.3 is 0 Å². The van der Waals surface area contributed by atoms with Crippen molar-refractivity contribution >= 4 is 5.91 Å². The molecule has 1 atom stereocenters. The highest BCUT2D eigenvalue weighted by atomic mass is 16.5. The molecule has 110 valence electrons. The number of aliphatic hydroxyl groups excluding tert-OH is 1. The summed E-state index contributed by atoms with van der Waals surface area (Å²) in [5.74, 6) is -0.196. The van der Waals surface area contributed by atoms with Gasteiger partial charge in [0.25, 0.3) is 5.91 Å². The van der Waals surface area contributed by atoms with Gasteiger partial charge in [-0.05, 0) is 18.3 Å². The largest absolute Gasteiger partial charge is 0.393 e. The Morgan fingerprint density at radius 3 is 2.58 bits per heavy atom. The van der Waals surface area contributed by atoms with Crippen LogP contribution in [0.2, 0.25) is 0 Å². The molecule has 0 spiro atoms. The van der Waals surface area contributed by atoms with E-state index in [1.165, 1.54) is 0 Å². The highest BCUT2D eigenvalue weighted by Crippen LogP contribution is 2.31. The van der Waals surface area contributed by atoms with E-state index in [4.69, 9.17) is 4.74 Å². The number of amides is 1. The molecule has 1 amide bonds. The molecule has 0 bridgehead atoms. The third-order valence-corrected chi connectivity index (χ3v) is 4.14. The SMILES string of the molecule is CC1(C)CC(O)CCN(C(=O)C2(O)CCOCC2)C1. The number of carbonyl (C=O) groups excluding carboxylic acids is 1. The molecule has 0 saturated carbocycles. The summed E-state index contributed by atoms with van der Waals surface area (Å²) in [7, 11) is 0. The second-order valence-electron chi connectivity index (χ2n) is 6.68. The van der Waals surface area contributed by atoms with Gasteiger partial charge in [-0.1, -0.05) is 13.8 Å². The number of likely N-dealkylation sites (tertiary alicyclic amines) is 1. The van der Waals surface area contributed by atoms with Crippen LogP contribution in [-0.4, -0.2) is 59.0 Å². The van der Waals surface area contributed by atoms with E-state index in [1.54, 1.807) is 4.90 Å². The van der Waals surface area contributed by atoms with Crippen LogP contribution in [0, 0.1) is 5.41 Å². The van der Waals surface area contributed by atoms with Crippen LogP contribution in [-0.2, 0) is 9.53 Å². The predicted octanol–water partition coefficient (Wildman–Crippen LogP) is 0.537. The summed E-state index contributed by atoms with van der Waals surface area (Å²) >= 11 is 0. The monoisotopic (exact) mass is 271 g/mol. The highest BCUT2D eigenvalue weighted by molar-refractivity contribution is 5.85. The van der Waals surface area contributed by atoms with E-state index in [2.05, 4.69) is 13.8 Å². The van der Waals surface area contributed by atoms with Crippen molar-refractivity contribution in [3.05, 3.63) is 0 Å². The van der Waals surface area contributed by atoms with Crippen molar-refractivity contribution in [2.24, 2.45) is 5.41 Å². The van der Waals surface area contributed by atoms with Crippen LogP contribution in [0.5, 0.6) is 0 Å². The number of nitrogens with zero attached hydrogens (tertiary/aromatic N) is 1. The van der Waals surface area contributed by atoms with Crippen molar-refractivity contribution in [3.63, 3.8) is 0 Å². The van der Waals surface area contributed by atoms with Crippen LogP contribution in [0.3, 0.4) is 0 Å². The molecule has 2 aliphatic heterocycles. The molecule has 2 aliphatic rings. The minimum absolute atomic E-state index is 0.118. The predicted molar refractivity (Wildman–Crippen MR) is 70.6 cm³/mol. The Morgan fingerprint density at radius 2 is 1.95 bits per heavy atom. The number of ether oxygens (including phenoxy) is 1. The van der Waals surface area contributed by atoms with Crippen molar-refractivity contribution in [1.29, 1.82) is 0 Å². The fourth-order valence-electron chi connectivity index (χ4n) is 3.10. The lowest BCUT2D eigenvalue weighted by atomic mass is 9.86. The van der Waals surface area contributed by atoms with Crippen molar-refractivity contribution in [2.75, 3.05) is 26.3 Å². The summed E-state index contributed by atoms with van der Waals surface area (Å²) in [5.41, 5.74) is -1.39. The molecular weight excluding hydrogens is 246 g/mol. The maximum Gasteiger partial charge on any atom is 0.254 e. The lowest BCUT2D eigenvalue weighted by Crippen LogP contribution is -2.53. The van der Waals surface area contributed by atoms with E-state index in [-0.39, 0.29) is 17.4 Å². The molecule has 2 rings (SSSR count). The van der Waals surface area contributed by atoms with E-state index in [0.29, 0.717) is 52.0 Å². The number of aliphatic hydroxyl groups is 2. The molecule has 2 saturated heterocycles. The zero-order chi connectivity index (χ0) is 14.1. The molecule has 0 aromatic carbocycles. The zero-order valence-electron chi connectivity index (χ0n) is 11.9. The second kappa shape index (κ2) is 5.38. The molecule has 0 aliphatic carbocycles. The molecule has 2 fully saturated rings. The average molecular weight is 271 g/mol. The van der Waals surface area contributed by atoms with Crippen LogP contribution in [0.15, 0.2) is 0 Å². The Morgan fingerprint density at radius 1 is 1.32 bits per heavy atom. The van der Waals surface area contributed by atoms with Gasteiger partial charge in [0.15, 0.2) is 0 Å². The van der Waals surface area contributed by atoms with Gasteiger partial charge in [0, 0.05) is 39.1 Å². The summed E-state index contributed by atoms with van der Waals surface area (Å²) in [5, 5.41) is 20.4. The van der Waals surface area contributed by atoms with Gasteiger partial charge in [0.1, 0.15) is 5.60 Å². The molecular formula is C14H25NO4. The van der Waals surface area contributed by atoms with Crippen molar-refractivity contribution in [3.8, 4) is 0 Å². The fourth-order valence-corrected chi connectivity index (χ4v) is 3.10. The zero-order valence-corrected chi connectivity index (χ0v) is 11.9. The van der Waals surface area contributed by atoms with E-state index >= 15 is 0 Å². The number of hydrogen-bond donors (Lipinski definition) is 2. The van der Waals surface area contributed by atoms with E-state index < -0.39 is 5.60 Å². The van der Waals surface area contributed by atoms with Gasteiger partial charge in [0.2, 0.25) is 0 Å². The summed E-state index contributed by atoms with van der Waals surface area (Å²) in [6.07, 6.45) is 1.65. The van der Waals surface area contributed by atoms with E-state index in [9.17, 15) is 15.0 Å². The Labute approximate surface area is 114 Å². The summed E-state index contributed by atoms with van der Waals surface area (Å²) in [6.45, 7) is 6.08. The first-order chi connectivity index (χ1) is 8.82. The van der Waals surface area contributed by atoms with Crippen LogP contribution in [0.25, 0.3) is 0 Å². The standard InChI is InChI=1S/C14H25NO4/c1-13(2)9-11(16)3-6-15(10-13)12(17)14(18)4-7-19-8-5-14/h11,16,18H,3-10H2,1-2H3. The van der Waals surface area contributed by atoms with E-state index in [1.807, 2.05) is 0 Å². The Bertz CT molecular complexity index is 336. The first-order valence-corrected chi connectivity index (χ1v) is 7.10. The maximum atomic E-state index is 12.6. The molecule has 2 heterocycles. The van der Waals surface area contributed by atoms with Crippen LogP contribution in [0.4, 0.5) is 0 Å². The van der Waals surface area contributed by atoms with Gasteiger partial charge in [0.05, 0.1) is 6.10 Å². The normalized spacial score (nSPS) is 30.7. The lowest BCUT2D eigenvalue weighted by molar-refractivity contribution is -0.161. The summed E-state index contributed by atoms with van der Waals surface area (Å²) in [4.78, 5) is 14.3. The molecule has 5 heteroatoms. The third kappa shape index (κ3) is 3.46. The first kappa shape index (κ1) is 14.8. The third-order valence-electron chi connectivity index (χ3n) is 4.14. The molecule has 5 nitrogen and oxygen atoms in total. The van der Waals surface area contributed by atoms with Gasteiger partial charge in [-0.2, -0.15) is 0 Å². The Kier molecular flexibility index (Phi) is 4.18. The Balaban J connectivity index is 2.09. The van der Waals surface area contributed by atoms with Gasteiger partial charge in [-0.15, -0.1) is 0 Å². The Hall–Kier alpha value is -0.650. The van der Waals surface area contributed by atoms with E-state index in [0.717, 1.165) is 0 Å². The highest BCUT2D eigenvalue weighted by Gasteiger charge is 2.42.